The van der Waals surface area contributed by atoms with Crippen LogP contribution >= 0.6 is 0 Å². The fourth-order valence-electron chi connectivity index (χ4n) is 2.64. The molecule has 0 saturated heterocycles. The van der Waals surface area contributed by atoms with Crippen molar-refractivity contribution in [3.05, 3.63) is 11.7 Å². The van der Waals surface area contributed by atoms with E-state index in [1.165, 1.54) is 25.7 Å². The van der Waals surface area contributed by atoms with E-state index in [0.717, 1.165) is 18.1 Å². The van der Waals surface area contributed by atoms with Crippen LogP contribution in [0.4, 0.5) is 0 Å². The summed E-state index contributed by atoms with van der Waals surface area (Å²) in [6.07, 6.45) is 6.22. The minimum Gasteiger partial charge on any atom is -0.339 e. The van der Waals surface area contributed by atoms with Crippen molar-refractivity contribution >= 4 is 0 Å². The quantitative estimate of drug-likeness (QED) is 0.821. The number of nitrogens with zero attached hydrogens (tertiary/aromatic N) is 2. The van der Waals surface area contributed by atoms with Crippen LogP contribution in [-0.4, -0.2) is 23.2 Å². The molecule has 18 heavy (non-hydrogen) atoms. The monoisotopic (exact) mass is 251 g/mol. The van der Waals surface area contributed by atoms with Crippen LogP contribution in [0.3, 0.4) is 0 Å². The van der Waals surface area contributed by atoms with E-state index in [1.807, 2.05) is 7.05 Å². The van der Waals surface area contributed by atoms with Gasteiger partial charge in [-0.2, -0.15) is 4.98 Å². The Hall–Kier alpha value is -0.900. The molecule has 1 fully saturated rings. The Morgan fingerprint density at radius 3 is 2.50 bits per heavy atom. The van der Waals surface area contributed by atoms with Crippen molar-refractivity contribution in [3.63, 3.8) is 0 Å². The van der Waals surface area contributed by atoms with Gasteiger partial charge >= 0.3 is 0 Å². The second-order valence-corrected chi connectivity index (χ2v) is 6.35. The van der Waals surface area contributed by atoms with Gasteiger partial charge in [-0.1, -0.05) is 45.2 Å². The zero-order valence-corrected chi connectivity index (χ0v) is 12.0. The first-order valence-electron chi connectivity index (χ1n) is 7.03. The third-order valence-electron chi connectivity index (χ3n) is 3.82. The van der Waals surface area contributed by atoms with Gasteiger partial charge < -0.3 is 9.84 Å². The topological polar surface area (TPSA) is 51.0 Å². The van der Waals surface area contributed by atoms with Crippen LogP contribution in [-0.2, 0) is 5.41 Å². The zero-order valence-electron chi connectivity index (χ0n) is 12.0. The molecule has 2 rings (SSSR count). The Morgan fingerprint density at radius 1 is 1.17 bits per heavy atom. The predicted octanol–water partition coefficient (Wildman–Crippen LogP) is 3.00. The van der Waals surface area contributed by atoms with E-state index in [2.05, 4.69) is 36.2 Å². The fraction of sp³-hybridized carbons (Fsp3) is 0.857. The maximum absolute atomic E-state index is 5.52. The molecule has 1 N–H and O–H groups in total. The normalized spacial score (nSPS) is 26.0. The SMILES string of the molecule is CNC1CCCCCC1c1nc(C(C)(C)C)no1. The first-order valence-corrected chi connectivity index (χ1v) is 7.03. The van der Waals surface area contributed by atoms with Crippen LogP contribution in [0.15, 0.2) is 4.52 Å². The van der Waals surface area contributed by atoms with E-state index in [4.69, 9.17) is 4.52 Å². The van der Waals surface area contributed by atoms with Gasteiger partial charge in [-0.15, -0.1) is 0 Å². The van der Waals surface area contributed by atoms with Crippen LogP contribution in [0, 0.1) is 0 Å². The van der Waals surface area contributed by atoms with Crippen molar-refractivity contribution in [2.24, 2.45) is 0 Å². The van der Waals surface area contributed by atoms with Gasteiger partial charge in [0.05, 0.1) is 5.92 Å². The molecular weight excluding hydrogens is 226 g/mol. The van der Waals surface area contributed by atoms with Crippen LogP contribution in [0.5, 0.6) is 0 Å². The molecule has 4 nitrogen and oxygen atoms in total. The molecule has 0 aliphatic heterocycles. The minimum atomic E-state index is -0.0401. The van der Waals surface area contributed by atoms with E-state index in [-0.39, 0.29) is 5.41 Å². The molecule has 2 unspecified atom stereocenters. The molecule has 0 radical (unpaired) electrons. The smallest absolute Gasteiger partial charge is 0.231 e. The Balaban J connectivity index is 2.20. The number of aromatic nitrogens is 2. The van der Waals surface area contributed by atoms with Crippen LogP contribution < -0.4 is 5.32 Å². The summed E-state index contributed by atoms with van der Waals surface area (Å²) >= 11 is 0. The van der Waals surface area contributed by atoms with Gasteiger partial charge in [-0.25, -0.2) is 0 Å². The third-order valence-corrected chi connectivity index (χ3v) is 3.82. The van der Waals surface area contributed by atoms with Gasteiger partial charge in [0.15, 0.2) is 5.82 Å². The summed E-state index contributed by atoms with van der Waals surface area (Å²) in [5.74, 6) is 2.01. The number of nitrogens with one attached hydrogen (secondary N) is 1. The minimum absolute atomic E-state index is 0.0401. The molecule has 1 aliphatic rings. The Kier molecular flexibility index (Phi) is 4.05. The highest BCUT2D eigenvalue weighted by Gasteiger charge is 2.30. The summed E-state index contributed by atoms with van der Waals surface area (Å²) in [4.78, 5) is 4.63. The standard InChI is InChI=1S/C14H25N3O/c1-14(2,3)13-16-12(18-17-13)10-8-6-5-7-9-11(10)15-4/h10-11,15H,5-9H2,1-4H3. The summed E-state index contributed by atoms with van der Waals surface area (Å²) in [6, 6.07) is 0.473. The second-order valence-electron chi connectivity index (χ2n) is 6.35. The van der Waals surface area contributed by atoms with E-state index in [0.29, 0.717) is 12.0 Å². The largest absolute Gasteiger partial charge is 0.339 e. The summed E-state index contributed by atoms with van der Waals surface area (Å²) in [6.45, 7) is 6.35. The third kappa shape index (κ3) is 2.91. The van der Waals surface area contributed by atoms with E-state index < -0.39 is 0 Å². The maximum Gasteiger partial charge on any atom is 0.231 e. The molecule has 0 spiro atoms. The Labute approximate surface area is 110 Å². The maximum atomic E-state index is 5.52. The molecular formula is C14H25N3O. The van der Waals surface area contributed by atoms with Crippen molar-refractivity contribution in [1.29, 1.82) is 0 Å². The molecule has 1 heterocycles. The number of hydrogen-bond donors (Lipinski definition) is 1. The molecule has 2 atom stereocenters. The van der Waals surface area contributed by atoms with Crippen LogP contribution in [0.25, 0.3) is 0 Å². The van der Waals surface area contributed by atoms with Crippen molar-refractivity contribution in [2.45, 2.75) is 70.3 Å². The number of rotatable bonds is 2. The first-order chi connectivity index (χ1) is 8.52. The van der Waals surface area contributed by atoms with Crippen LogP contribution in [0.1, 0.15) is 70.5 Å². The van der Waals surface area contributed by atoms with Crippen molar-refractivity contribution in [1.82, 2.24) is 15.5 Å². The highest BCUT2D eigenvalue weighted by molar-refractivity contribution is 5.05. The Morgan fingerprint density at radius 2 is 1.89 bits per heavy atom. The molecule has 1 aromatic heterocycles. The van der Waals surface area contributed by atoms with Gasteiger partial charge in [0.25, 0.3) is 0 Å². The number of likely N-dealkylation sites (N-methyl/N-ethyl adjacent to an activating group) is 1. The summed E-state index contributed by atoms with van der Waals surface area (Å²) in [7, 11) is 2.03. The average molecular weight is 251 g/mol. The molecule has 1 saturated carbocycles. The zero-order chi connectivity index (χ0) is 13.2. The van der Waals surface area contributed by atoms with E-state index in [1.54, 1.807) is 0 Å². The second kappa shape index (κ2) is 5.39. The Bertz CT molecular complexity index is 381. The molecule has 4 heteroatoms. The average Bonchev–Trinajstić information content (AvgIpc) is 2.68. The lowest BCUT2D eigenvalue weighted by molar-refractivity contribution is 0.306. The molecule has 0 aromatic carbocycles. The lowest BCUT2D eigenvalue weighted by atomic mass is 9.94. The molecule has 1 aliphatic carbocycles. The number of hydrogen-bond acceptors (Lipinski definition) is 4. The van der Waals surface area contributed by atoms with Crippen molar-refractivity contribution in [3.8, 4) is 0 Å². The van der Waals surface area contributed by atoms with Crippen molar-refractivity contribution in [2.75, 3.05) is 7.05 Å². The van der Waals surface area contributed by atoms with E-state index >= 15 is 0 Å². The summed E-state index contributed by atoms with van der Waals surface area (Å²) < 4.78 is 5.52. The molecule has 0 bridgehead atoms. The van der Waals surface area contributed by atoms with Gasteiger partial charge in [-0.05, 0) is 19.9 Å². The molecule has 0 amide bonds. The predicted molar refractivity (Wildman–Crippen MR) is 71.7 cm³/mol. The van der Waals surface area contributed by atoms with E-state index in [9.17, 15) is 0 Å². The summed E-state index contributed by atoms with van der Waals surface area (Å²) in [5, 5.41) is 7.56. The highest BCUT2D eigenvalue weighted by Crippen LogP contribution is 2.32. The van der Waals surface area contributed by atoms with Crippen LogP contribution in [0.2, 0.25) is 0 Å². The summed E-state index contributed by atoms with van der Waals surface area (Å²) in [5.41, 5.74) is -0.0401. The van der Waals surface area contributed by atoms with Crippen molar-refractivity contribution < 1.29 is 4.52 Å². The lowest BCUT2D eigenvalue weighted by Gasteiger charge is -2.21. The van der Waals surface area contributed by atoms with Gasteiger partial charge in [-0.3, -0.25) is 0 Å². The van der Waals surface area contributed by atoms with Gasteiger partial charge in [0.1, 0.15) is 0 Å². The lowest BCUT2D eigenvalue weighted by Crippen LogP contribution is -2.31. The fourth-order valence-corrected chi connectivity index (χ4v) is 2.64. The highest BCUT2D eigenvalue weighted by atomic mass is 16.5. The van der Waals surface area contributed by atoms with Gasteiger partial charge in [0, 0.05) is 11.5 Å². The molecule has 1 aromatic rings. The first kappa shape index (κ1) is 13.5. The van der Waals surface area contributed by atoms with Gasteiger partial charge in [0.2, 0.25) is 5.89 Å². The molecule has 102 valence electrons.